The number of fused-ring (bicyclic) bond motifs is 3. The molecule has 3 aliphatic rings. The van der Waals surface area contributed by atoms with Crippen molar-refractivity contribution in [3.63, 3.8) is 0 Å². The number of hydrogen-bond donors (Lipinski definition) is 3. The van der Waals surface area contributed by atoms with Crippen molar-refractivity contribution in [2.24, 2.45) is 5.92 Å². The van der Waals surface area contributed by atoms with Crippen molar-refractivity contribution in [3.8, 4) is 0 Å². The number of hydrogen-bond acceptors (Lipinski definition) is 3. The molecule has 1 unspecified atom stereocenters. The van der Waals surface area contributed by atoms with E-state index in [4.69, 9.17) is 11.6 Å². The number of carbonyl (C=O) groups excluding carboxylic acids is 3. The highest BCUT2D eigenvalue weighted by atomic mass is 35.5. The first-order valence-corrected chi connectivity index (χ1v) is 10.0. The number of aromatic nitrogens is 1. The molecule has 8 heteroatoms. The average molecular weight is 401 g/mol. The van der Waals surface area contributed by atoms with Crippen LogP contribution in [0.4, 0.5) is 4.79 Å². The van der Waals surface area contributed by atoms with Gasteiger partial charge in [0, 0.05) is 34.6 Å². The molecule has 1 saturated carbocycles. The van der Waals surface area contributed by atoms with Gasteiger partial charge in [-0.25, -0.2) is 4.79 Å². The first kappa shape index (κ1) is 17.6. The predicted molar refractivity (Wildman–Crippen MR) is 104 cm³/mol. The summed E-state index contributed by atoms with van der Waals surface area (Å²) in [5.74, 6) is -0.143. The van der Waals surface area contributed by atoms with E-state index in [1.54, 1.807) is 0 Å². The van der Waals surface area contributed by atoms with E-state index in [1.165, 1.54) is 5.56 Å². The fraction of sp³-hybridized carbons (Fsp3) is 0.450. The summed E-state index contributed by atoms with van der Waals surface area (Å²) in [6.45, 7) is 1.17. The van der Waals surface area contributed by atoms with Gasteiger partial charge in [0.1, 0.15) is 5.54 Å². The quantitative estimate of drug-likeness (QED) is 0.688. The van der Waals surface area contributed by atoms with E-state index in [0.29, 0.717) is 24.5 Å². The number of urea groups is 1. The van der Waals surface area contributed by atoms with Crippen molar-refractivity contribution in [2.75, 3.05) is 6.54 Å². The van der Waals surface area contributed by atoms with Crippen LogP contribution in [0, 0.1) is 5.92 Å². The number of nitrogens with one attached hydrogen (secondary N) is 3. The van der Waals surface area contributed by atoms with Crippen molar-refractivity contribution in [1.29, 1.82) is 0 Å². The Labute approximate surface area is 166 Å². The van der Waals surface area contributed by atoms with Crippen LogP contribution in [0.25, 0.3) is 10.9 Å². The smallest absolute Gasteiger partial charge is 0.322 e. The number of aromatic amines is 1. The third kappa shape index (κ3) is 2.76. The molecule has 7 nitrogen and oxygen atoms in total. The average Bonchev–Trinajstić information content (AvgIpc) is 3.39. The SMILES string of the molecule is O=C1NC(=O)C(CCC(=O)N2CCc3c([nH]c4cc(Cl)ccc34)C2)(C2CC2)N1. The van der Waals surface area contributed by atoms with E-state index in [2.05, 4.69) is 15.6 Å². The maximum atomic E-state index is 12.9. The summed E-state index contributed by atoms with van der Waals surface area (Å²) in [5.41, 5.74) is 2.36. The molecule has 1 aliphatic carbocycles. The summed E-state index contributed by atoms with van der Waals surface area (Å²) in [6.07, 6.45) is 3.19. The molecule has 1 aromatic carbocycles. The Morgan fingerprint density at radius 1 is 1.29 bits per heavy atom. The second-order valence-electron chi connectivity index (χ2n) is 7.99. The van der Waals surface area contributed by atoms with Crippen LogP contribution < -0.4 is 10.6 Å². The van der Waals surface area contributed by atoms with Crippen LogP contribution in [0.1, 0.15) is 36.9 Å². The van der Waals surface area contributed by atoms with Crippen molar-refractivity contribution in [2.45, 2.75) is 44.2 Å². The van der Waals surface area contributed by atoms with Crippen molar-refractivity contribution >= 4 is 40.3 Å². The highest BCUT2D eigenvalue weighted by molar-refractivity contribution is 6.31. The summed E-state index contributed by atoms with van der Waals surface area (Å²) in [5, 5.41) is 6.96. The lowest BCUT2D eigenvalue weighted by Crippen LogP contribution is -2.50. The van der Waals surface area contributed by atoms with Gasteiger partial charge in [0.05, 0.1) is 6.54 Å². The van der Waals surface area contributed by atoms with Crippen molar-refractivity contribution in [1.82, 2.24) is 20.5 Å². The predicted octanol–water partition coefficient (Wildman–Crippen LogP) is 2.47. The number of H-pyrrole nitrogens is 1. The normalized spacial score (nSPS) is 24.2. The van der Waals surface area contributed by atoms with Gasteiger partial charge in [-0.3, -0.25) is 14.9 Å². The Kier molecular flexibility index (Phi) is 3.91. The van der Waals surface area contributed by atoms with Crippen LogP contribution in [0.5, 0.6) is 0 Å². The molecule has 4 amide bonds. The maximum Gasteiger partial charge on any atom is 0.322 e. The van der Waals surface area contributed by atoms with E-state index in [-0.39, 0.29) is 24.2 Å². The summed E-state index contributed by atoms with van der Waals surface area (Å²) in [4.78, 5) is 42.0. The number of nitrogens with zero attached hydrogens (tertiary/aromatic N) is 1. The minimum absolute atomic E-state index is 0.0105. The third-order valence-corrected chi connectivity index (χ3v) is 6.50. The van der Waals surface area contributed by atoms with Crippen LogP contribution in [0.15, 0.2) is 18.2 Å². The topological polar surface area (TPSA) is 94.3 Å². The highest BCUT2D eigenvalue weighted by Gasteiger charge is 2.55. The van der Waals surface area contributed by atoms with Crippen LogP contribution in [-0.4, -0.2) is 39.8 Å². The summed E-state index contributed by atoms with van der Waals surface area (Å²) in [6, 6.07) is 5.35. The molecule has 0 spiro atoms. The van der Waals surface area contributed by atoms with E-state index < -0.39 is 11.6 Å². The molecule has 3 heterocycles. The Bertz CT molecular complexity index is 1010. The molecule has 0 radical (unpaired) electrons. The molecule has 146 valence electrons. The fourth-order valence-electron chi connectivity index (χ4n) is 4.64. The Balaban J connectivity index is 1.30. The third-order valence-electron chi connectivity index (χ3n) is 6.27. The number of halogens is 1. The van der Waals surface area contributed by atoms with Gasteiger partial charge in [-0.2, -0.15) is 0 Å². The molecule has 1 saturated heterocycles. The van der Waals surface area contributed by atoms with Gasteiger partial charge < -0.3 is 15.2 Å². The molecule has 5 rings (SSSR count). The van der Waals surface area contributed by atoms with Gasteiger partial charge in [-0.15, -0.1) is 0 Å². The number of rotatable bonds is 4. The lowest BCUT2D eigenvalue weighted by atomic mass is 9.87. The molecule has 1 atom stereocenters. The lowest BCUT2D eigenvalue weighted by molar-refractivity contribution is -0.133. The highest BCUT2D eigenvalue weighted by Crippen LogP contribution is 2.44. The zero-order valence-electron chi connectivity index (χ0n) is 15.3. The summed E-state index contributed by atoms with van der Waals surface area (Å²) in [7, 11) is 0. The zero-order valence-corrected chi connectivity index (χ0v) is 16.1. The molecular weight excluding hydrogens is 380 g/mol. The molecule has 2 fully saturated rings. The number of amides is 4. The van der Waals surface area contributed by atoms with Crippen molar-refractivity contribution in [3.05, 3.63) is 34.5 Å². The first-order valence-electron chi connectivity index (χ1n) is 9.66. The van der Waals surface area contributed by atoms with Gasteiger partial charge >= 0.3 is 6.03 Å². The van der Waals surface area contributed by atoms with Crippen molar-refractivity contribution < 1.29 is 14.4 Å². The number of imide groups is 1. The van der Waals surface area contributed by atoms with Gasteiger partial charge in [-0.05, 0) is 49.3 Å². The van der Waals surface area contributed by atoms with Crippen LogP contribution in [-0.2, 0) is 22.6 Å². The first-order chi connectivity index (χ1) is 13.5. The largest absolute Gasteiger partial charge is 0.357 e. The van der Waals surface area contributed by atoms with E-state index in [1.807, 2.05) is 23.1 Å². The van der Waals surface area contributed by atoms with E-state index in [9.17, 15) is 14.4 Å². The summed E-state index contributed by atoms with van der Waals surface area (Å²) < 4.78 is 0. The Morgan fingerprint density at radius 2 is 2.11 bits per heavy atom. The number of benzene rings is 1. The Hall–Kier alpha value is -2.54. The molecule has 3 N–H and O–H groups in total. The van der Waals surface area contributed by atoms with Gasteiger partial charge in [-0.1, -0.05) is 17.7 Å². The molecular formula is C20H21ClN4O3. The lowest BCUT2D eigenvalue weighted by Gasteiger charge is -2.30. The van der Waals surface area contributed by atoms with Crippen LogP contribution in [0.3, 0.4) is 0 Å². The summed E-state index contributed by atoms with van der Waals surface area (Å²) >= 11 is 6.08. The standard InChI is InChI=1S/C20H21ClN4O3/c21-12-3-4-13-14-6-8-25(10-16(14)22-15(13)9-12)17(26)5-7-20(11-1-2-11)18(27)23-19(28)24-20/h3-4,9,11,22H,1-2,5-8,10H2,(H2,23,24,27,28). The molecule has 2 aliphatic heterocycles. The molecule has 0 bridgehead atoms. The van der Waals surface area contributed by atoms with E-state index in [0.717, 1.165) is 35.9 Å². The number of carbonyl (C=O) groups is 3. The monoisotopic (exact) mass is 400 g/mol. The molecule has 28 heavy (non-hydrogen) atoms. The van der Waals surface area contributed by atoms with Crippen LogP contribution in [0.2, 0.25) is 5.02 Å². The minimum Gasteiger partial charge on any atom is -0.357 e. The minimum atomic E-state index is -0.911. The van der Waals surface area contributed by atoms with E-state index >= 15 is 0 Å². The van der Waals surface area contributed by atoms with Gasteiger partial charge in [0.25, 0.3) is 5.91 Å². The van der Waals surface area contributed by atoms with Crippen LogP contribution >= 0.6 is 11.6 Å². The zero-order chi connectivity index (χ0) is 19.5. The second kappa shape index (κ2) is 6.24. The fourth-order valence-corrected chi connectivity index (χ4v) is 4.82. The van der Waals surface area contributed by atoms with Gasteiger partial charge in [0.15, 0.2) is 0 Å². The second-order valence-corrected chi connectivity index (χ2v) is 8.43. The molecule has 1 aromatic heterocycles. The maximum absolute atomic E-state index is 12.9. The Morgan fingerprint density at radius 3 is 2.82 bits per heavy atom. The molecule has 2 aromatic rings. The van der Waals surface area contributed by atoms with Gasteiger partial charge in [0.2, 0.25) is 5.91 Å².